The lowest BCUT2D eigenvalue weighted by Gasteiger charge is -2.13. The molecule has 0 aromatic heterocycles. The third-order valence-corrected chi connectivity index (χ3v) is 1.31. The van der Waals surface area contributed by atoms with E-state index in [9.17, 15) is 13.2 Å². The highest BCUT2D eigenvalue weighted by atomic mass is 19.4. The van der Waals surface area contributed by atoms with Gasteiger partial charge in [-0.1, -0.05) is 0 Å². The van der Waals surface area contributed by atoms with Gasteiger partial charge in [0.2, 0.25) is 0 Å². The fourth-order valence-electron chi connectivity index (χ4n) is 0.646. The minimum atomic E-state index is -4.48. The molecule has 0 rings (SSSR count). The standard InChI is InChI=1S/C6H12F3NO/c7-6(8,9)5(11)3-1-2-4-10/h5,11H,1-4,10H2. The van der Waals surface area contributed by atoms with Crippen LogP contribution in [0.25, 0.3) is 0 Å². The molecule has 1 atom stereocenters. The molecule has 0 heterocycles. The Balaban J connectivity index is 3.44. The largest absolute Gasteiger partial charge is 0.414 e. The summed E-state index contributed by atoms with van der Waals surface area (Å²) >= 11 is 0. The van der Waals surface area contributed by atoms with Crippen molar-refractivity contribution in [2.24, 2.45) is 5.73 Å². The topological polar surface area (TPSA) is 46.2 Å². The van der Waals surface area contributed by atoms with Gasteiger partial charge in [0, 0.05) is 0 Å². The molecule has 1 unspecified atom stereocenters. The summed E-state index contributed by atoms with van der Waals surface area (Å²) in [6.07, 6.45) is -6.08. The maximum Gasteiger partial charge on any atom is 0.414 e. The van der Waals surface area contributed by atoms with Crippen molar-refractivity contribution < 1.29 is 18.3 Å². The minimum Gasteiger partial charge on any atom is -0.384 e. The van der Waals surface area contributed by atoms with Gasteiger partial charge in [-0.25, -0.2) is 0 Å². The zero-order valence-corrected chi connectivity index (χ0v) is 6.06. The number of unbranched alkanes of at least 4 members (excludes halogenated alkanes) is 1. The van der Waals surface area contributed by atoms with Gasteiger partial charge < -0.3 is 10.8 Å². The van der Waals surface area contributed by atoms with Gasteiger partial charge in [0.15, 0.2) is 0 Å². The van der Waals surface area contributed by atoms with E-state index in [1.807, 2.05) is 0 Å². The van der Waals surface area contributed by atoms with Gasteiger partial charge in [-0.05, 0) is 25.8 Å². The zero-order valence-electron chi connectivity index (χ0n) is 6.06. The number of aliphatic hydroxyl groups is 1. The summed E-state index contributed by atoms with van der Waals surface area (Å²) in [5, 5.41) is 8.45. The highest BCUT2D eigenvalue weighted by molar-refractivity contribution is 4.64. The molecule has 0 saturated carbocycles. The summed E-state index contributed by atoms with van der Waals surface area (Å²) in [6.45, 7) is 0.366. The summed E-state index contributed by atoms with van der Waals surface area (Å²) in [5.41, 5.74) is 5.06. The van der Waals surface area contributed by atoms with E-state index in [1.165, 1.54) is 0 Å². The van der Waals surface area contributed by atoms with Crippen molar-refractivity contribution in [1.29, 1.82) is 0 Å². The van der Waals surface area contributed by atoms with Crippen LogP contribution in [0.2, 0.25) is 0 Å². The van der Waals surface area contributed by atoms with Crippen molar-refractivity contribution in [2.45, 2.75) is 31.5 Å². The molecule has 0 fully saturated rings. The van der Waals surface area contributed by atoms with E-state index in [-0.39, 0.29) is 6.42 Å². The van der Waals surface area contributed by atoms with Crippen molar-refractivity contribution in [3.63, 3.8) is 0 Å². The zero-order chi connectivity index (χ0) is 8.91. The van der Waals surface area contributed by atoms with Gasteiger partial charge >= 0.3 is 6.18 Å². The molecule has 5 heteroatoms. The van der Waals surface area contributed by atoms with E-state index in [0.717, 1.165) is 0 Å². The summed E-state index contributed by atoms with van der Waals surface area (Å²) < 4.78 is 34.8. The van der Waals surface area contributed by atoms with Crippen LogP contribution in [0.15, 0.2) is 0 Å². The van der Waals surface area contributed by atoms with Crippen molar-refractivity contribution in [3.05, 3.63) is 0 Å². The number of hydrogen-bond acceptors (Lipinski definition) is 2. The molecule has 2 nitrogen and oxygen atoms in total. The molecule has 0 spiro atoms. The molecule has 0 aromatic carbocycles. The molecule has 0 aliphatic carbocycles. The maximum absolute atomic E-state index is 11.6. The Labute approximate surface area is 63.2 Å². The number of halogens is 3. The van der Waals surface area contributed by atoms with Gasteiger partial charge in [-0.2, -0.15) is 13.2 Å². The maximum atomic E-state index is 11.6. The first-order valence-corrected chi connectivity index (χ1v) is 3.43. The third kappa shape index (κ3) is 5.03. The Morgan fingerprint density at radius 3 is 2.18 bits per heavy atom. The molecule has 0 radical (unpaired) electrons. The molecule has 3 N–H and O–H groups in total. The van der Waals surface area contributed by atoms with Crippen molar-refractivity contribution in [2.75, 3.05) is 6.54 Å². The Morgan fingerprint density at radius 2 is 1.82 bits per heavy atom. The van der Waals surface area contributed by atoms with E-state index in [4.69, 9.17) is 10.8 Å². The van der Waals surface area contributed by atoms with Crippen LogP contribution in [0, 0.1) is 0 Å². The SMILES string of the molecule is NCCCCC(O)C(F)(F)F. The predicted molar refractivity (Wildman–Crippen MR) is 35.0 cm³/mol. The fourth-order valence-corrected chi connectivity index (χ4v) is 0.646. The van der Waals surface area contributed by atoms with Crippen LogP contribution in [0.3, 0.4) is 0 Å². The van der Waals surface area contributed by atoms with E-state index in [2.05, 4.69) is 0 Å². The van der Waals surface area contributed by atoms with Crippen LogP contribution < -0.4 is 5.73 Å². The average molecular weight is 171 g/mol. The molecule has 0 aliphatic heterocycles. The summed E-state index contributed by atoms with van der Waals surface area (Å²) in [5.74, 6) is 0. The molecular weight excluding hydrogens is 159 g/mol. The molecule has 0 aromatic rings. The highest BCUT2D eigenvalue weighted by Gasteiger charge is 2.37. The normalized spacial score (nSPS) is 15.0. The smallest absolute Gasteiger partial charge is 0.384 e. The summed E-state index contributed by atoms with van der Waals surface area (Å²) in [4.78, 5) is 0. The van der Waals surface area contributed by atoms with Gasteiger partial charge in [-0.3, -0.25) is 0 Å². The lowest BCUT2D eigenvalue weighted by Crippen LogP contribution is -2.28. The second-order valence-corrected chi connectivity index (χ2v) is 2.34. The van der Waals surface area contributed by atoms with Crippen LogP contribution in [-0.2, 0) is 0 Å². The minimum absolute atomic E-state index is 0.249. The second kappa shape index (κ2) is 4.56. The lowest BCUT2D eigenvalue weighted by molar-refractivity contribution is -0.205. The lowest BCUT2D eigenvalue weighted by atomic mass is 10.1. The van der Waals surface area contributed by atoms with E-state index in [0.29, 0.717) is 19.4 Å². The van der Waals surface area contributed by atoms with E-state index >= 15 is 0 Å². The molecule has 0 aliphatic rings. The molecule has 0 bridgehead atoms. The quantitative estimate of drug-likeness (QED) is 0.621. The van der Waals surface area contributed by atoms with Gasteiger partial charge in [0.1, 0.15) is 6.10 Å². The van der Waals surface area contributed by atoms with Crippen LogP contribution in [-0.4, -0.2) is 23.9 Å². The van der Waals surface area contributed by atoms with Gasteiger partial charge in [0.05, 0.1) is 0 Å². The Kier molecular flexibility index (Phi) is 4.44. The van der Waals surface area contributed by atoms with Crippen molar-refractivity contribution in [1.82, 2.24) is 0 Å². The average Bonchev–Trinajstić information content (AvgIpc) is 1.86. The highest BCUT2D eigenvalue weighted by Crippen LogP contribution is 2.23. The molecule has 11 heavy (non-hydrogen) atoms. The Hall–Kier alpha value is -0.290. The van der Waals surface area contributed by atoms with Crippen LogP contribution in [0.5, 0.6) is 0 Å². The summed E-state index contributed by atoms with van der Waals surface area (Å²) in [6, 6.07) is 0. The van der Waals surface area contributed by atoms with Crippen LogP contribution in [0.1, 0.15) is 19.3 Å². The van der Waals surface area contributed by atoms with Gasteiger partial charge in [-0.15, -0.1) is 0 Å². The monoisotopic (exact) mass is 171 g/mol. The van der Waals surface area contributed by atoms with Crippen LogP contribution in [0.4, 0.5) is 13.2 Å². The van der Waals surface area contributed by atoms with Crippen molar-refractivity contribution in [3.8, 4) is 0 Å². The molecule has 0 saturated heterocycles. The van der Waals surface area contributed by atoms with E-state index in [1.54, 1.807) is 0 Å². The predicted octanol–water partition coefficient (Wildman–Crippen LogP) is 1.04. The van der Waals surface area contributed by atoms with Gasteiger partial charge in [0.25, 0.3) is 0 Å². The number of hydrogen-bond donors (Lipinski definition) is 2. The first kappa shape index (κ1) is 10.7. The number of nitrogens with two attached hydrogens (primary N) is 1. The first-order chi connectivity index (χ1) is 4.98. The molecule has 0 amide bonds. The van der Waals surface area contributed by atoms with Crippen LogP contribution >= 0.6 is 0 Å². The molecular formula is C6H12F3NO. The Bertz CT molecular complexity index is 104. The number of aliphatic hydroxyl groups excluding tert-OH is 1. The number of alkyl halides is 3. The second-order valence-electron chi connectivity index (χ2n) is 2.34. The molecule has 68 valence electrons. The first-order valence-electron chi connectivity index (χ1n) is 3.43. The summed E-state index contributed by atoms with van der Waals surface area (Å²) in [7, 11) is 0. The van der Waals surface area contributed by atoms with E-state index < -0.39 is 12.3 Å². The Morgan fingerprint density at radius 1 is 1.27 bits per heavy atom. The van der Waals surface area contributed by atoms with Crippen molar-refractivity contribution >= 4 is 0 Å². The fraction of sp³-hybridized carbons (Fsp3) is 1.00. The third-order valence-electron chi connectivity index (χ3n) is 1.31. The number of rotatable bonds is 4.